The molecule has 8 nitrogen and oxygen atoms in total. The Kier molecular flexibility index (Phi) is 5.08. The molecule has 0 aliphatic rings. The molecule has 0 saturated carbocycles. The fourth-order valence-corrected chi connectivity index (χ4v) is 2.75. The summed E-state index contributed by atoms with van der Waals surface area (Å²) in [5, 5.41) is 12.9. The third-order valence-corrected chi connectivity index (χ3v) is 4.23. The third kappa shape index (κ3) is 4.03. The van der Waals surface area contributed by atoms with Gasteiger partial charge >= 0.3 is 0 Å². The van der Waals surface area contributed by atoms with Crippen LogP contribution in [0.25, 0.3) is 10.9 Å². The molecular weight excluding hydrogens is 320 g/mol. The van der Waals surface area contributed by atoms with Crippen LogP contribution in [-0.2, 0) is 24.8 Å². The molecule has 132 valence electrons. The van der Waals surface area contributed by atoms with E-state index in [0.717, 1.165) is 28.8 Å². The lowest BCUT2D eigenvalue weighted by molar-refractivity contribution is -0.129. The SMILES string of the molecule is CN(CCN(C)C(=O)Cc1nn(C)c2ccccc12)Cc1cnon1. The van der Waals surface area contributed by atoms with Crippen molar-refractivity contribution in [2.24, 2.45) is 7.05 Å². The number of benzene rings is 1. The fourth-order valence-electron chi connectivity index (χ4n) is 2.75. The van der Waals surface area contributed by atoms with Gasteiger partial charge in [0.25, 0.3) is 0 Å². The molecule has 1 aromatic carbocycles. The minimum Gasteiger partial charge on any atom is -0.344 e. The molecular formula is C17H22N6O2. The Morgan fingerprint density at radius 3 is 2.80 bits per heavy atom. The highest BCUT2D eigenvalue weighted by atomic mass is 16.6. The molecule has 0 fully saturated rings. The van der Waals surface area contributed by atoms with Gasteiger partial charge in [-0.2, -0.15) is 5.10 Å². The van der Waals surface area contributed by atoms with E-state index in [0.29, 0.717) is 19.5 Å². The maximum absolute atomic E-state index is 12.5. The van der Waals surface area contributed by atoms with Crippen molar-refractivity contribution < 1.29 is 9.42 Å². The van der Waals surface area contributed by atoms with Crippen molar-refractivity contribution in [1.29, 1.82) is 0 Å². The van der Waals surface area contributed by atoms with E-state index in [9.17, 15) is 4.79 Å². The van der Waals surface area contributed by atoms with Gasteiger partial charge in [-0.3, -0.25) is 14.4 Å². The minimum atomic E-state index is 0.0559. The van der Waals surface area contributed by atoms with Gasteiger partial charge in [0.05, 0.1) is 23.8 Å². The van der Waals surface area contributed by atoms with Crippen molar-refractivity contribution >= 4 is 16.8 Å². The lowest BCUT2D eigenvalue weighted by atomic mass is 10.1. The summed E-state index contributed by atoms with van der Waals surface area (Å²) in [5.41, 5.74) is 2.63. The van der Waals surface area contributed by atoms with E-state index in [-0.39, 0.29) is 5.91 Å². The van der Waals surface area contributed by atoms with Crippen molar-refractivity contribution in [2.45, 2.75) is 13.0 Å². The van der Waals surface area contributed by atoms with Gasteiger partial charge < -0.3 is 4.90 Å². The van der Waals surface area contributed by atoms with E-state index >= 15 is 0 Å². The van der Waals surface area contributed by atoms with Crippen LogP contribution in [0.5, 0.6) is 0 Å². The number of rotatable bonds is 7. The first-order valence-electron chi connectivity index (χ1n) is 8.14. The quantitative estimate of drug-likeness (QED) is 0.639. The Balaban J connectivity index is 1.55. The van der Waals surface area contributed by atoms with Gasteiger partial charge in [-0.25, -0.2) is 4.63 Å². The predicted molar refractivity (Wildman–Crippen MR) is 92.7 cm³/mol. The van der Waals surface area contributed by atoms with Crippen LogP contribution < -0.4 is 0 Å². The number of nitrogens with zero attached hydrogens (tertiary/aromatic N) is 6. The number of likely N-dealkylation sites (N-methyl/N-ethyl adjacent to an activating group) is 2. The molecule has 8 heteroatoms. The molecule has 2 aromatic heterocycles. The standard InChI is InChI=1S/C17H22N6O2/c1-21(12-13-11-18-25-20-13)8-9-22(2)17(24)10-15-14-6-4-5-7-16(14)23(3)19-15/h4-7,11H,8-10,12H2,1-3H3. The Morgan fingerprint density at radius 1 is 1.24 bits per heavy atom. The minimum absolute atomic E-state index is 0.0559. The smallest absolute Gasteiger partial charge is 0.228 e. The van der Waals surface area contributed by atoms with Crippen LogP contribution in [0.3, 0.4) is 0 Å². The zero-order chi connectivity index (χ0) is 17.8. The second-order valence-electron chi connectivity index (χ2n) is 6.22. The highest BCUT2D eigenvalue weighted by Crippen LogP contribution is 2.18. The molecule has 0 aliphatic heterocycles. The van der Waals surface area contributed by atoms with Crippen molar-refractivity contribution in [3.8, 4) is 0 Å². The summed E-state index contributed by atoms with van der Waals surface area (Å²) < 4.78 is 6.40. The fraction of sp³-hybridized carbons (Fsp3) is 0.412. The second-order valence-corrected chi connectivity index (χ2v) is 6.22. The topological polar surface area (TPSA) is 80.3 Å². The summed E-state index contributed by atoms with van der Waals surface area (Å²) in [6.45, 7) is 2.00. The molecule has 0 bridgehead atoms. The zero-order valence-corrected chi connectivity index (χ0v) is 14.7. The van der Waals surface area contributed by atoms with E-state index in [1.165, 1.54) is 0 Å². The molecule has 0 unspecified atom stereocenters. The van der Waals surface area contributed by atoms with Crippen LogP contribution in [0.2, 0.25) is 0 Å². The van der Waals surface area contributed by atoms with Gasteiger partial charge in [-0.1, -0.05) is 28.5 Å². The van der Waals surface area contributed by atoms with Crippen LogP contribution in [0.1, 0.15) is 11.4 Å². The first-order chi connectivity index (χ1) is 12.0. The Morgan fingerprint density at radius 2 is 2.04 bits per heavy atom. The molecule has 0 spiro atoms. The molecule has 25 heavy (non-hydrogen) atoms. The molecule has 0 N–H and O–H groups in total. The van der Waals surface area contributed by atoms with Gasteiger partial charge in [-0.05, 0) is 13.1 Å². The van der Waals surface area contributed by atoms with Crippen molar-refractivity contribution in [2.75, 3.05) is 27.2 Å². The number of carbonyl (C=O) groups excluding carboxylic acids is 1. The van der Waals surface area contributed by atoms with E-state index < -0.39 is 0 Å². The number of hydrogen-bond donors (Lipinski definition) is 0. The molecule has 2 heterocycles. The average molecular weight is 342 g/mol. The van der Waals surface area contributed by atoms with Crippen LogP contribution in [0.4, 0.5) is 0 Å². The number of hydrogen-bond acceptors (Lipinski definition) is 6. The summed E-state index contributed by atoms with van der Waals surface area (Å²) in [6, 6.07) is 7.95. The van der Waals surface area contributed by atoms with Crippen LogP contribution >= 0.6 is 0 Å². The molecule has 0 atom stereocenters. The van der Waals surface area contributed by atoms with E-state index in [4.69, 9.17) is 0 Å². The van der Waals surface area contributed by atoms with Gasteiger partial charge in [-0.15, -0.1) is 0 Å². The number of aromatic nitrogens is 4. The lowest BCUT2D eigenvalue weighted by Gasteiger charge is -2.21. The first kappa shape index (κ1) is 17.1. The summed E-state index contributed by atoms with van der Waals surface area (Å²) >= 11 is 0. The summed E-state index contributed by atoms with van der Waals surface area (Å²) in [6.07, 6.45) is 1.90. The first-order valence-corrected chi connectivity index (χ1v) is 8.14. The molecule has 0 saturated heterocycles. The predicted octanol–water partition coefficient (Wildman–Crippen LogP) is 1.09. The summed E-state index contributed by atoms with van der Waals surface area (Å²) in [7, 11) is 5.69. The van der Waals surface area contributed by atoms with E-state index in [1.807, 2.05) is 50.1 Å². The van der Waals surface area contributed by atoms with Gasteiger partial charge in [0.1, 0.15) is 5.69 Å². The summed E-state index contributed by atoms with van der Waals surface area (Å²) in [4.78, 5) is 16.3. The Labute approximate surface area is 146 Å². The monoisotopic (exact) mass is 342 g/mol. The van der Waals surface area contributed by atoms with E-state index in [1.54, 1.807) is 11.1 Å². The number of para-hydroxylation sites is 1. The zero-order valence-electron chi connectivity index (χ0n) is 14.7. The maximum Gasteiger partial charge on any atom is 0.228 e. The highest BCUT2D eigenvalue weighted by Gasteiger charge is 2.16. The summed E-state index contributed by atoms with van der Waals surface area (Å²) in [5.74, 6) is 0.0559. The largest absolute Gasteiger partial charge is 0.344 e. The number of amides is 1. The van der Waals surface area contributed by atoms with Crippen LogP contribution in [0.15, 0.2) is 35.1 Å². The molecule has 0 aliphatic carbocycles. The highest BCUT2D eigenvalue weighted by molar-refractivity contribution is 5.87. The molecule has 3 rings (SSSR count). The third-order valence-electron chi connectivity index (χ3n) is 4.23. The Bertz CT molecular complexity index is 842. The molecule has 3 aromatic rings. The normalized spacial score (nSPS) is 11.4. The van der Waals surface area contributed by atoms with Crippen molar-refractivity contribution in [3.05, 3.63) is 41.9 Å². The van der Waals surface area contributed by atoms with Crippen molar-refractivity contribution in [3.63, 3.8) is 0 Å². The molecule has 1 amide bonds. The number of fused-ring (bicyclic) bond motifs is 1. The second kappa shape index (κ2) is 7.43. The van der Waals surface area contributed by atoms with Crippen molar-refractivity contribution in [1.82, 2.24) is 29.9 Å². The number of aryl methyl sites for hydroxylation is 1. The van der Waals surface area contributed by atoms with Crippen LogP contribution in [-0.4, -0.2) is 63.0 Å². The van der Waals surface area contributed by atoms with Gasteiger partial charge in [0.15, 0.2) is 0 Å². The molecule has 0 radical (unpaired) electrons. The van der Waals surface area contributed by atoms with Gasteiger partial charge in [0.2, 0.25) is 5.91 Å². The lowest BCUT2D eigenvalue weighted by Crippen LogP contribution is -2.35. The maximum atomic E-state index is 12.5. The van der Waals surface area contributed by atoms with Gasteiger partial charge in [0, 0.05) is 39.1 Å². The Hall–Kier alpha value is -2.74. The average Bonchev–Trinajstić information content (AvgIpc) is 3.21. The number of carbonyl (C=O) groups is 1. The van der Waals surface area contributed by atoms with E-state index in [2.05, 4.69) is 24.9 Å². The van der Waals surface area contributed by atoms with Crippen LogP contribution in [0, 0.1) is 0 Å².